The summed E-state index contributed by atoms with van der Waals surface area (Å²) >= 11 is 0. The Hall–Kier alpha value is -1.68. The Bertz CT molecular complexity index is 639. The summed E-state index contributed by atoms with van der Waals surface area (Å²) in [6, 6.07) is 2.06. The van der Waals surface area contributed by atoms with E-state index in [2.05, 4.69) is 31.0 Å². The van der Waals surface area contributed by atoms with Crippen molar-refractivity contribution in [3.05, 3.63) is 29.3 Å². The maximum Gasteiger partial charge on any atom is 0.167 e. The summed E-state index contributed by atoms with van der Waals surface area (Å²) in [6.45, 7) is 3.13. The van der Waals surface area contributed by atoms with Crippen molar-refractivity contribution in [2.24, 2.45) is 0 Å². The molecule has 4 heteroatoms. The molecule has 2 aliphatic heterocycles. The van der Waals surface area contributed by atoms with Crippen LogP contribution in [-0.4, -0.2) is 38.0 Å². The highest BCUT2D eigenvalue weighted by atomic mass is 16.5. The van der Waals surface area contributed by atoms with Crippen LogP contribution in [0.15, 0.2) is 18.2 Å². The molecule has 21 heavy (non-hydrogen) atoms. The number of benzene rings is 1. The molecule has 1 aromatic rings. The van der Waals surface area contributed by atoms with Crippen molar-refractivity contribution in [1.82, 2.24) is 0 Å². The largest absolute Gasteiger partial charge is 0.493 e. The summed E-state index contributed by atoms with van der Waals surface area (Å²) in [4.78, 5) is 2.31. The molecule has 0 amide bonds. The van der Waals surface area contributed by atoms with E-state index in [1.807, 2.05) is 6.08 Å². The van der Waals surface area contributed by atoms with Gasteiger partial charge in [0.25, 0.3) is 0 Å². The van der Waals surface area contributed by atoms with Gasteiger partial charge in [-0.15, -0.1) is 0 Å². The second-order valence-corrected chi connectivity index (χ2v) is 6.43. The van der Waals surface area contributed by atoms with E-state index in [4.69, 9.17) is 9.47 Å². The molecule has 0 saturated heterocycles. The van der Waals surface area contributed by atoms with Gasteiger partial charge in [0.2, 0.25) is 0 Å². The third kappa shape index (κ3) is 1.54. The number of aliphatic hydroxyl groups excluding tert-OH is 1. The van der Waals surface area contributed by atoms with Crippen LogP contribution in [0.2, 0.25) is 0 Å². The van der Waals surface area contributed by atoms with E-state index < -0.39 is 6.10 Å². The molecule has 4 nitrogen and oxygen atoms in total. The molecule has 1 aliphatic carbocycles. The van der Waals surface area contributed by atoms with Gasteiger partial charge in [0.15, 0.2) is 11.5 Å². The zero-order chi connectivity index (χ0) is 14.8. The van der Waals surface area contributed by atoms with Crippen LogP contribution in [0.5, 0.6) is 11.5 Å². The average molecular weight is 287 g/mol. The van der Waals surface area contributed by atoms with Gasteiger partial charge in [0, 0.05) is 31.3 Å². The van der Waals surface area contributed by atoms with E-state index in [-0.39, 0.29) is 11.5 Å². The smallest absolute Gasteiger partial charge is 0.167 e. The first-order chi connectivity index (χ1) is 10.1. The Kier molecular flexibility index (Phi) is 2.58. The van der Waals surface area contributed by atoms with Gasteiger partial charge in [0.1, 0.15) is 6.10 Å². The van der Waals surface area contributed by atoms with Crippen LogP contribution in [0.1, 0.15) is 24.0 Å². The molecule has 1 aromatic carbocycles. The van der Waals surface area contributed by atoms with Crippen molar-refractivity contribution in [2.45, 2.75) is 37.4 Å². The Morgan fingerprint density at radius 2 is 2.29 bits per heavy atom. The third-order valence-corrected chi connectivity index (χ3v) is 5.24. The molecule has 0 aromatic heterocycles. The van der Waals surface area contributed by atoms with E-state index >= 15 is 0 Å². The summed E-state index contributed by atoms with van der Waals surface area (Å²) in [5, 5.41) is 9.96. The predicted octanol–water partition coefficient (Wildman–Crippen LogP) is 2.16. The van der Waals surface area contributed by atoms with Gasteiger partial charge >= 0.3 is 0 Å². The maximum atomic E-state index is 9.96. The number of anilines is 1. The van der Waals surface area contributed by atoms with Crippen LogP contribution in [0.3, 0.4) is 0 Å². The second-order valence-electron chi connectivity index (χ2n) is 6.43. The molecule has 0 radical (unpaired) electrons. The van der Waals surface area contributed by atoms with Crippen LogP contribution < -0.4 is 14.4 Å². The van der Waals surface area contributed by atoms with E-state index in [0.29, 0.717) is 6.42 Å². The lowest BCUT2D eigenvalue weighted by atomic mass is 9.67. The van der Waals surface area contributed by atoms with Crippen LogP contribution in [0.4, 0.5) is 5.69 Å². The van der Waals surface area contributed by atoms with Gasteiger partial charge in [-0.2, -0.15) is 0 Å². The minimum atomic E-state index is -0.412. The highest BCUT2D eigenvalue weighted by molar-refractivity contribution is 5.75. The standard InChI is InChI=1S/C17H21NO3/c1-10-8-12(20-3)16-14-15(10)18(2)7-6-17(14)5-4-11(19)9-13(17)21-16/h4-5,8,11,13,19H,6-7,9H2,1-3H3/t11-,13?,17?/m0/s1. The molecule has 0 fully saturated rings. The summed E-state index contributed by atoms with van der Waals surface area (Å²) < 4.78 is 11.8. The number of hydrogen-bond acceptors (Lipinski definition) is 4. The van der Waals surface area contributed by atoms with E-state index in [9.17, 15) is 5.11 Å². The molecule has 4 rings (SSSR count). The zero-order valence-electron chi connectivity index (χ0n) is 12.7. The van der Waals surface area contributed by atoms with Crippen LogP contribution in [0.25, 0.3) is 0 Å². The average Bonchev–Trinajstić information content (AvgIpc) is 2.79. The first kappa shape index (κ1) is 13.0. The Balaban J connectivity index is 2.02. The van der Waals surface area contributed by atoms with Gasteiger partial charge in [0.05, 0.1) is 18.6 Å². The zero-order valence-corrected chi connectivity index (χ0v) is 12.7. The van der Waals surface area contributed by atoms with Gasteiger partial charge in [-0.25, -0.2) is 0 Å². The topological polar surface area (TPSA) is 41.9 Å². The molecule has 1 spiro atoms. The van der Waals surface area contributed by atoms with Crippen molar-refractivity contribution >= 4 is 5.69 Å². The van der Waals surface area contributed by atoms with E-state index in [1.165, 1.54) is 16.8 Å². The fraction of sp³-hybridized carbons (Fsp3) is 0.529. The molecular weight excluding hydrogens is 266 g/mol. The molecule has 0 saturated carbocycles. The van der Waals surface area contributed by atoms with Gasteiger partial charge in [-0.3, -0.25) is 0 Å². The van der Waals surface area contributed by atoms with Gasteiger partial charge < -0.3 is 19.5 Å². The Morgan fingerprint density at radius 1 is 1.48 bits per heavy atom. The molecular formula is C17H21NO3. The number of aryl methyl sites for hydroxylation is 1. The van der Waals surface area contributed by atoms with Crippen molar-refractivity contribution < 1.29 is 14.6 Å². The number of nitrogens with zero attached hydrogens (tertiary/aromatic N) is 1. The SMILES string of the molecule is COc1cc(C)c2c3c1OC1C[C@@H](O)C=CC31CCN2C. The lowest BCUT2D eigenvalue weighted by Crippen LogP contribution is -2.47. The molecule has 1 N–H and O–H groups in total. The van der Waals surface area contributed by atoms with Crippen LogP contribution >= 0.6 is 0 Å². The van der Waals surface area contributed by atoms with Gasteiger partial charge in [-0.05, 0) is 25.0 Å². The third-order valence-electron chi connectivity index (χ3n) is 5.24. The first-order valence-electron chi connectivity index (χ1n) is 7.54. The fourth-order valence-corrected chi connectivity index (χ4v) is 4.22. The molecule has 2 heterocycles. The lowest BCUT2D eigenvalue weighted by Gasteiger charge is -2.42. The molecule has 0 bridgehead atoms. The summed E-state index contributed by atoms with van der Waals surface area (Å²) in [6.07, 6.45) is 5.37. The summed E-state index contributed by atoms with van der Waals surface area (Å²) in [5.41, 5.74) is 3.63. The Labute approximate surface area is 125 Å². The summed E-state index contributed by atoms with van der Waals surface area (Å²) in [7, 11) is 3.82. The molecule has 112 valence electrons. The number of methoxy groups -OCH3 is 1. The predicted molar refractivity (Wildman–Crippen MR) is 81.5 cm³/mol. The maximum absolute atomic E-state index is 9.96. The minimum Gasteiger partial charge on any atom is -0.493 e. The molecule has 3 aliphatic rings. The lowest BCUT2D eigenvalue weighted by molar-refractivity contribution is 0.0846. The number of aliphatic hydroxyl groups is 1. The van der Waals surface area contributed by atoms with Crippen molar-refractivity contribution in [3.63, 3.8) is 0 Å². The molecule has 2 unspecified atom stereocenters. The quantitative estimate of drug-likeness (QED) is 0.804. The molecule has 3 atom stereocenters. The van der Waals surface area contributed by atoms with Crippen molar-refractivity contribution in [2.75, 3.05) is 25.6 Å². The number of ether oxygens (including phenoxy) is 2. The second kappa shape index (κ2) is 4.17. The Morgan fingerprint density at radius 3 is 3.05 bits per heavy atom. The van der Waals surface area contributed by atoms with E-state index in [0.717, 1.165) is 24.5 Å². The van der Waals surface area contributed by atoms with Crippen LogP contribution in [-0.2, 0) is 5.41 Å². The minimum absolute atomic E-state index is 0.00986. The number of rotatable bonds is 1. The van der Waals surface area contributed by atoms with Crippen LogP contribution in [0, 0.1) is 6.92 Å². The number of hydrogen-bond donors (Lipinski definition) is 1. The highest BCUT2D eigenvalue weighted by Crippen LogP contribution is 2.59. The van der Waals surface area contributed by atoms with Crippen molar-refractivity contribution in [3.8, 4) is 11.5 Å². The first-order valence-corrected chi connectivity index (χ1v) is 7.54. The van der Waals surface area contributed by atoms with E-state index in [1.54, 1.807) is 7.11 Å². The van der Waals surface area contributed by atoms with Gasteiger partial charge in [-0.1, -0.05) is 12.2 Å². The normalized spacial score (nSPS) is 32.5. The fourth-order valence-electron chi connectivity index (χ4n) is 4.22. The summed E-state index contributed by atoms with van der Waals surface area (Å²) in [5.74, 6) is 1.67. The van der Waals surface area contributed by atoms with Crippen molar-refractivity contribution in [1.29, 1.82) is 0 Å². The monoisotopic (exact) mass is 287 g/mol. The highest BCUT2D eigenvalue weighted by Gasteiger charge is 2.54.